The average Bonchev–Trinajstić information content (AvgIpc) is 2.60. The van der Waals surface area contributed by atoms with E-state index in [1.54, 1.807) is 6.07 Å². The molecule has 0 saturated carbocycles. The number of nitrogens with zero attached hydrogens (tertiary/aromatic N) is 1. The molecule has 5 heteroatoms. The molecule has 0 aliphatic heterocycles. The summed E-state index contributed by atoms with van der Waals surface area (Å²) in [5.74, 6) is -1.03. The SMILES string of the molecule is O=C(O)c1c[nH]c2nccc(CO)c12. The van der Waals surface area contributed by atoms with Crippen molar-refractivity contribution in [3.63, 3.8) is 0 Å². The van der Waals surface area contributed by atoms with Gasteiger partial charge in [-0.05, 0) is 11.6 Å². The number of aromatic nitrogens is 2. The van der Waals surface area contributed by atoms with Crippen molar-refractivity contribution in [2.45, 2.75) is 6.61 Å². The highest BCUT2D eigenvalue weighted by atomic mass is 16.4. The lowest BCUT2D eigenvalue weighted by atomic mass is 10.1. The normalized spacial score (nSPS) is 10.6. The number of pyridine rings is 1. The summed E-state index contributed by atoms with van der Waals surface area (Å²) in [6, 6.07) is 1.60. The quantitative estimate of drug-likeness (QED) is 0.655. The molecule has 14 heavy (non-hydrogen) atoms. The van der Waals surface area contributed by atoms with Crippen LogP contribution < -0.4 is 0 Å². The summed E-state index contributed by atoms with van der Waals surface area (Å²) in [5.41, 5.74) is 1.18. The summed E-state index contributed by atoms with van der Waals surface area (Å²) in [6.45, 7) is -0.197. The number of aromatic carboxylic acids is 1. The highest BCUT2D eigenvalue weighted by Crippen LogP contribution is 2.20. The number of nitrogens with one attached hydrogen (secondary N) is 1. The fraction of sp³-hybridized carbons (Fsp3) is 0.111. The van der Waals surface area contributed by atoms with Gasteiger partial charge >= 0.3 is 5.97 Å². The summed E-state index contributed by atoms with van der Waals surface area (Å²) in [4.78, 5) is 17.5. The number of hydrogen-bond acceptors (Lipinski definition) is 3. The lowest BCUT2D eigenvalue weighted by Gasteiger charge is -1.98. The molecule has 2 aromatic rings. The Morgan fingerprint density at radius 2 is 2.36 bits per heavy atom. The maximum absolute atomic E-state index is 10.8. The number of rotatable bonds is 2. The first-order valence-electron chi connectivity index (χ1n) is 4.03. The van der Waals surface area contributed by atoms with E-state index in [0.29, 0.717) is 16.6 Å². The van der Waals surface area contributed by atoms with Crippen LogP contribution in [0.5, 0.6) is 0 Å². The molecule has 0 fully saturated rings. The molecule has 0 bridgehead atoms. The lowest BCUT2D eigenvalue weighted by molar-refractivity contribution is 0.0699. The van der Waals surface area contributed by atoms with Crippen LogP contribution in [-0.4, -0.2) is 26.2 Å². The Balaban J connectivity index is 2.81. The predicted molar refractivity (Wildman–Crippen MR) is 49.0 cm³/mol. The lowest BCUT2D eigenvalue weighted by Crippen LogP contribution is -1.96. The van der Waals surface area contributed by atoms with E-state index in [2.05, 4.69) is 9.97 Å². The minimum atomic E-state index is -1.03. The van der Waals surface area contributed by atoms with Crippen LogP contribution in [0.4, 0.5) is 0 Å². The number of hydrogen-bond donors (Lipinski definition) is 3. The molecule has 5 nitrogen and oxygen atoms in total. The van der Waals surface area contributed by atoms with Crippen molar-refractivity contribution in [3.8, 4) is 0 Å². The summed E-state index contributed by atoms with van der Waals surface area (Å²) in [5, 5.41) is 18.4. The van der Waals surface area contributed by atoms with Crippen LogP contribution in [0.25, 0.3) is 11.0 Å². The Kier molecular flexibility index (Phi) is 1.94. The molecule has 0 aliphatic rings. The molecule has 3 N–H and O–H groups in total. The third-order valence-corrected chi connectivity index (χ3v) is 2.06. The van der Waals surface area contributed by atoms with Crippen molar-refractivity contribution in [2.75, 3.05) is 0 Å². The molecule has 0 aliphatic carbocycles. The molecule has 0 aromatic carbocycles. The zero-order valence-electron chi connectivity index (χ0n) is 7.19. The number of aliphatic hydroxyl groups is 1. The van der Waals surface area contributed by atoms with E-state index >= 15 is 0 Å². The van der Waals surface area contributed by atoms with Crippen LogP contribution >= 0.6 is 0 Å². The first-order valence-corrected chi connectivity index (χ1v) is 4.03. The monoisotopic (exact) mass is 192 g/mol. The Bertz CT molecular complexity index is 490. The van der Waals surface area contributed by atoms with E-state index in [0.717, 1.165) is 0 Å². The van der Waals surface area contributed by atoms with Gasteiger partial charge in [-0.3, -0.25) is 0 Å². The molecule has 2 aromatic heterocycles. The zero-order valence-corrected chi connectivity index (χ0v) is 7.19. The number of H-pyrrole nitrogens is 1. The second-order valence-electron chi connectivity index (χ2n) is 2.86. The van der Waals surface area contributed by atoms with Gasteiger partial charge in [0.25, 0.3) is 0 Å². The van der Waals surface area contributed by atoms with Crippen LogP contribution in [0.1, 0.15) is 15.9 Å². The number of carboxylic acid groups (broad SMARTS) is 1. The molecule has 72 valence electrons. The van der Waals surface area contributed by atoms with Crippen LogP contribution in [-0.2, 0) is 6.61 Å². The fourth-order valence-corrected chi connectivity index (χ4v) is 1.42. The van der Waals surface area contributed by atoms with Gasteiger partial charge in [0.1, 0.15) is 5.65 Å². The number of fused-ring (bicyclic) bond motifs is 1. The summed E-state index contributed by atoms with van der Waals surface area (Å²) in [7, 11) is 0. The van der Waals surface area contributed by atoms with Gasteiger partial charge in [-0.15, -0.1) is 0 Å². The fourth-order valence-electron chi connectivity index (χ4n) is 1.42. The van der Waals surface area contributed by atoms with E-state index in [1.165, 1.54) is 12.4 Å². The third-order valence-electron chi connectivity index (χ3n) is 2.06. The highest BCUT2D eigenvalue weighted by molar-refractivity contribution is 6.03. The minimum absolute atomic E-state index is 0.136. The minimum Gasteiger partial charge on any atom is -0.478 e. The molecule has 2 heterocycles. The standard InChI is InChI=1S/C9H8N2O3/c12-4-5-1-2-10-8-7(5)6(3-11-8)9(13)14/h1-3,12H,4H2,(H,10,11)(H,13,14). The summed E-state index contributed by atoms with van der Waals surface area (Å²) < 4.78 is 0. The number of aliphatic hydroxyl groups excluding tert-OH is 1. The van der Waals surface area contributed by atoms with Crippen LogP contribution in [0.3, 0.4) is 0 Å². The van der Waals surface area contributed by atoms with E-state index in [4.69, 9.17) is 10.2 Å². The second kappa shape index (κ2) is 3.12. The van der Waals surface area contributed by atoms with Gasteiger partial charge in [0, 0.05) is 17.8 Å². The smallest absolute Gasteiger partial charge is 0.337 e. The Morgan fingerprint density at radius 3 is 3.00 bits per heavy atom. The van der Waals surface area contributed by atoms with Crippen molar-refractivity contribution in [1.82, 2.24) is 9.97 Å². The van der Waals surface area contributed by atoms with Gasteiger partial charge in [0.2, 0.25) is 0 Å². The number of aromatic amines is 1. The van der Waals surface area contributed by atoms with Crippen LogP contribution in [0.2, 0.25) is 0 Å². The zero-order chi connectivity index (χ0) is 10.1. The van der Waals surface area contributed by atoms with E-state index in [1.807, 2.05) is 0 Å². The van der Waals surface area contributed by atoms with Crippen LogP contribution in [0.15, 0.2) is 18.5 Å². The molecule has 0 amide bonds. The molecular formula is C9H8N2O3. The van der Waals surface area contributed by atoms with Gasteiger partial charge in [0.05, 0.1) is 12.2 Å². The Morgan fingerprint density at radius 1 is 1.57 bits per heavy atom. The molecule has 0 atom stereocenters. The van der Waals surface area contributed by atoms with E-state index in [-0.39, 0.29) is 12.2 Å². The molecule has 0 radical (unpaired) electrons. The van der Waals surface area contributed by atoms with Crippen molar-refractivity contribution >= 4 is 17.0 Å². The summed E-state index contributed by atoms with van der Waals surface area (Å²) >= 11 is 0. The van der Waals surface area contributed by atoms with Gasteiger partial charge in [-0.1, -0.05) is 0 Å². The van der Waals surface area contributed by atoms with E-state index < -0.39 is 5.97 Å². The van der Waals surface area contributed by atoms with Gasteiger partial charge in [0.15, 0.2) is 0 Å². The van der Waals surface area contributed by atoms with Crippen molar-refractivity contribution < 1.29 is 15.0 Å². The maximum Gasteiger partial charge on any atom is 0.337 e. The molecular weight excluding hydrogens is 184 g/mol. The van der Waals surface area contributed by atoms with Crippen LogP contribution in [0, 0.1) is 0 Å². The highest BCUT2D eigenvalue weighted by Gasteiger charge is 2.13. The van der Waals surface area contributed by atoms with Gasteiger partial charge < -0.3 is 15.2 Å². The van der Waals surface area contributed by atoms with Gasteiger partial charge in [-0.2, -0.15) is 0 Å². The molecule has 0 spiro atoms. The topological polar surface area (TPSA) is 86.2 Å². The Labute approximate surface area is 79.0 Å². The predicted octanol–water partition coefficient (Wildman–Crippen LogP) is 0.753. The molecule has 0 saturated heterocycles. The third kappa shape index (κ3) is 1.14. The summed E-state index contributed by atoms with van der Waals surface area (Å²) in [6.07, 6.45) is 2.90. The first-order chi connectivity index (χ1) is 6.74. The maximum atomic E-state index is 10.8. The second-order valence-corrected chi connectivity index (χ2v) is 2.86. The first kappa shape index (κ1) is 8.71. The average molecular weight is 192 g/mol. The van der Waals surface area contributed by atoms with E-state index in [9.17, 15) is 4.79 Å². The van der Waals surface area contributed by atoms with Gasteiger partial charge in [-0.25, -0.2) is 9.78 Å². The van der Waals surface area contributed by atoms with Crippen molar-refractivity contribution in [2.24, 2.45) is 0 Å². The van der Waals surface area contributed by atoms with Crippen molar-refractivity contribution in [1.29, 1.82) is 0 Å². The number of carbonyl (C=O) groups is 1. The van der Waals surface area contributed by atoms with Crippen molar-refractivity contribution in [3.05, 3.63) is 29.6 Å². The Hall–Kier alpha value is -1.88. The number of carboxylic acids is 1. The molecule has 2 rings (SSSR count). The largest absolute Gasteiger partial charge is 0.478 e. The molecule has 0 unspecified atom stereocenters.